The second-order valence-corrected chi connectivity index (χ2v) is 5.04. The maximum Gasteiger partial charge on any atom is 0.0762 e. The van der Waals surface area contributed by atoms with Gasteiger partial charge in [-0.25, -0.2) is 0 Å². The molecule has 0 amide bonds. The lowest BCUT2D eigenvalue weighted by Crippen LogP contribution is -2.17. The molecule has 0 radical (unpaired) electrons. The van der Waals surface area contributed by atoms with Crippen LogP contribution in [0.1, 0.15) is 44.0 Å². The zero-order valence-corrected chi connectivity index (χ0v) is 12.4. The van der Waals surface area contributed by atoms with Gasteiger partial charge in [0.25, 0.3) is 0 Å². The van der Waals surface area contributed by atoms with Crippen molar-refractivity contribution >= 4 is 0 Å². The van der Waals surface area contributed by atoms with Crippen LogP contribution in [0.3, 0.4) is 0 Å². The van der Waals surface area contributed by atoms with Crippen LogP contribution in [0.25, 0.3) is 0 Å². The van der Waals surface area contributed by atoms with Gasteiger partial charge in [0, 0.05) is 25.1 Å². The van der Waals surface area contributed by atoms with Gasteiger partial charge in [-0.3, -0.25) is 9.67 Å². The van der Waals surface area contributed by atoms with Crippen molar-refractivity contribution in [1.29, 1.82) is 0 Å². The van der Waals surface area contributed by atoms with E-state index in [4.69, 9.17) is 0 Å². The van der Waals surface area contributed by atoms with Crippen LogP contribution in [-0.2, 0) is 13.0 Å². The van der Waals surface area contributed by atoms with Crippen LogP contribution in [0, 0.1) is 0 Å². The minimum absolute atomic E-state index is 0.528. The summed E-state index contributed by atoms with van der Waals surface area (Å²) in [4.78, 5) is 4.02. The van der Waals surface area contributed by atoms with E-state index in [-0.39, 0.29) is 0 Å². The number of hydrogen-bond donors (Lipinski definition) is 1. The fraction of sp³-hybridized carbons (Fsp3) is 0.500. The first kappa shape index (κ1) is 14.7. The van der Waals surface area contributed by atoms with E-state index in [1.165, 1.54) is 5.56 Å². The van der Waals surface area contributed by atoms with Gasteiger partial charge in [-0.2, -0.15) is 5.10 Å². The van der Waals surface area contributed by atoms with Crippen LogP contribution in [0.5, 0.6) is 0 Å². The van der Waals surface area contributed by atoms with E-state index < -0.39 is 0 Å². The highest BCUT2D eigenvalue weighted by Crippen LogP contribution is 2.14. The van der Waals surface area contributed by atoms with E-state index in [9.17, 15) is 0 Å². The molecule has 2 aromatic heterocycles. The van der Waals surface area contributed by atoms with Crippen LogP contribution in [-0.4, -0.2) is 21.3 Å². The van der Waals surface area contributed by atoms with Crippen LogP contribution in [0.4, 0.5) is 0 Å². The Morgan fingerprint density at radius 3 is 2.60 bits per heavy atom. The Kier molecular flexibility index (Phi) is 5.74. The van der Waals surface area contributed by atoms with Crippen LogP contribution in [0.15, 0.2) is 36.8 Å². The summed E-state index contributed by atoms with van der Waals surface area (Å²) in [6.45, 7) is 6.21. The molecule has 2 rings (SSSR count). The molecule has 1 N–H and O–H groups in total. The first-order valence-corrected chi connectivity index (χ1v) is 7.47. The van der Waals surface area contributed by atoms with Crippen molar-refractivity contribution in [3.8, 4) is 0 Å². The summed E-state index contributed by atoms with van der Waals surface area (Å²) in [7, 11) is 0. The Bertz CT molecular complexity index is 488. The molecule has 0 saturated heterocycles. The summed E-state index contributed by atoms with van der Waals surface area (Å²) in [6.07, 6.45) is 9.06. The number of nitrogens with one attached hydrogen (secondary N) is 1. The molecule has 0 spiro atoms. The number of aromatic nitrogens is 3. The van der Waals surface area contributed by atoms with Crippen molar-refractivity contribution < 1.29 is 0 Å². The van der Waals surface area contributed by atoms with Gasteiger partial charge in [-0.1, -0.05) is 13.8 Å². The first-order chi connectivity index (χ1) is 9.83. The lowest BCUT2D eigenvalue weighted by Gasteiger charge is -2.12. The Hall–Kier alpha value is -1.68. The summed E-state index contributed by atoms with van der Waals surface area (Å²) >= 11 is 0. The molecule has 0 atom stereocenters. The van der Waals surface area contributed by atoms with Gasteiger partial charge in [0.1, 0.15) is 0 Å². The Balaban J connectivity index is 1.74. The van der Waals surface area contributed by atoms with Crippen molar-refractivity contribution in [3.63, 3.8) is 0 Å². The highest BCUT2D eigenvalue weighted by atomic mass is 15.3. The largest absolute Gasteiger partial charge is 0.311 e. The third-order valence-corrected chi connectivity index (χ3v) is 3.63. The summed E-state index contributed by atoms with van der Waals surface area (Å²) in [5.41, 5.74) is 2.43. The molecule has 0 unspecified atom stereocenters. The number of nitrogens with zero attached hydrogens (tertiary/aromatic N) is 3. The van der Waals surface area contributed by atoms with E-state index in [1.54, 1.807) is 0 Å². The van der Waals surface area contributed by atoms with E-state index in [2.05, 4.69) is 58.3 Å². The normalized spacial score (nSPS) is 11.2. The monoisotopic (exact) mass is 272 g/mol. The fourth-order valence-electron chi connectivity index (χ4n) is 2.34. The molecule has 0 bridgehead atoms. The maximum absolute atomic E-state index is 4.64. The standard InChI is InChI=1S/C16H24N4/c1-3-16(4-2)20-12-8-15(19-20)13-18-11-7-14-5-9-17-10-6-14/h5-6,8-10,12,16,18H,3-4,7,11,13H2,1-2H3. The molecule has 0 aromatic carbocycles. The summed E-state index contributed by atoms with van der Waals surface area (Å²) in [5.74, 6) is 0. The molecule has 4 heteroatoms. The SMILES string of the molecule is CCC(CC)n1ccc(CNCCc2ccncc2)n1. The summed E-state index contributed by atoms with van der Waals surface area (Å²) in [5, 5.41) is 8.08. The van der Waals surface area contributed by atoms with Gasteiger partial charge in [-0.15, -0.1) is 0 Å². The average Bonchev–Trinajstić information content (AvgIpc) is 2.95. The average molecular weight is 272 g/mol. The Morgan fingerprint density at radius 2 is 1.90 bits per heavy atom. The van der Waals surface area contributed by atoms with E-state index >= 15 is 0 Å². The molecular weight excluding hydrogens is 248 g/mol. The zero-order chi connectivity index (χ0) is 14.2. The highest BCUT2D eigenvalue weighted by Gasteiger charge is 2.07. The zero-order valence-electron chi connectivity index (χ0n) is 12.4. The molecule has 20 heavy (non-hydrogen) atoms. The second kappa shape index (κ2) is 7.80. The van der Waals surface area contributed by atoms with Crippen molar-refractivity contribution in [3.05, 3.63) is 48.0 Å². The molecule has 0 fully saturated rings. The lowest BCUT2D eigenvalue weighted by atomic mass is 10.2. The van der Waals surface area contributed by atoms with Gasteiger partial charge < -0.3 is 5.32 Å². The molecule has 0 saturated carbocycles. The molecule has 0 aliphatic heterocycles. The van der Waals surface area contributed by atoms with E-state index in [0.29, 0.717) is 6.04 Å². The molecule has 4 nitrogen and oxygen atoms in total. The van der Waals surface area contributed by atoms with Gasteiger partial charge in [-0.05, 0) is 49.6 Å². The van der Waals surface area contributed by atoms with Gasteiger partial charge in [0.05, 0.1) is 11.7 Å². The molecule has 0 aliphatic rings. The van der Waals surface area contributed by atoms with Crippen molar-refractivity contribution in [2.45, 2.75) is 45.7 Å². The van der Waals surface area contributed by atoms with Gasteiger partial charge >= 0.3 is 0 Å². The van der Waals surface area contributed by atoms with Crippen molar-refractivity contribution in [1.82, 2.24) is 20.1 Å². The predicted molar refractivity (Wildman–Crippen MR) is 81.5 cm³/mol. The minimum Gasteiger partial charge on any atom is -0.311 e. The summed E-state index contributed by atoms with van der Waals surface area (Å²) < 4.78 is 2.10. The van der Waals surface area contributed by atoms with Gasteiger partial charge in [0.2, 0.25) is 0 Å². The predicted octanol–water partition coefficient (Wildman–Crippen LogP) is 2.97. The fourth-order valence-corrected chi connectivity index (χ4v) is 2.34. The van der Waals surface area contributed by atoms with Crippen molar-refractivity contribution in [2.75, 3.05) is 6.54 Å². The van der Waals surface area contributed by atoms with E-state index in [1.807, 2.05) is 12.4 Å². The second-order valence-electron chi connectivity index (χ2n) is 5.04. The van der Waals surface area contributed by atoms with E-state index in [0.717, 1.165) is 38.0 Å². The third-order valence-electron chi connectivity index (χ3n) is 3.63. The lowest BCUT2D eigenvalue weighted by molar-refractivity contribution is 0.424. The smallest absolute Gasteiger partial charge is 0.0762 e. The highest BCUT2D eigenvalue weighted by molar-refractivity contribution is 5.10. The first-order valence-electron chi connectivity index (χ1n) is 7.47. The number of hydrogen-bond acceptors (Lipinski definition) is 3. The quantitative estimate of drug-likeness (QED) is 0.751. The van der Waals surface area contributed by atoms with Crippen LogP contribution >= 0.6 is 0 Å². The maximum atomic E-state index is 4.64. The molecule has 0 aliphatic carbocycles. The molecule has 108 valence electrons. The number of pyridine rings is 1. The Labute approximate surface area is 121 Å². The topological polar surface area (TPSA) is 42.7 Å². The van der Waals surface area contributed by atoms with Gasteiger partial charge in [0.15, 0.2) is 0 Å². The number of rotatable bonds is 8. The molecule has 2 heterocycles. The molecular formula is C16H24N4. The van der Waals surface area contributed by atoms with Crippen molar-refractivity contribution in [2.24, 2.45) is 0 Å². The summed E-state index contributed by atoms with van der Waals surface area (Å²) in [6, 6.07) is 6.76. The van der Waals surface area contributed by atoms with Crippen LogP contribution < -0.4 is 5.32 Å². The Morgan fingerprint density at radius 1 is 1.15 bits per heavy atom. The minimum atomic E-state index is 0.528. The third kappa shape index (κ3) is 4.17. The van der Waals surface area contributed by atoms with Crippen LogP contribution in [0.2, 0.25) is 0 Å². The molecule has 2 aromatic rings.